The maximum atomic E-state index is 12.2. The summed E-state index contributed by atoms with van der Waals surface area (Å²) in [6.07, 6.45) is -0.769. The van der Waals surface area contributed by atoms with Gasteiger partial charge in [-0.1, -0.05) is 23.9 Å². The molecule has 2 aromatic heterocycles. The molecular formula is C21H20F3N3O4S2. The second-order valence-electron chi connectivity index (χ2n) is 7.30. The lowest BCUT2D eigenvalue weighted by atomic mass is 10.1. The van der Waals surface area contributed by atoms with Crippen LogP contribution >= 0.6 is 23.1 Å². The van der Waals surface area contributed by atoms with Crippen LogP contribution in [0.2, 0.25) is 0 Å². The highest BCUT2D eigenvalue weighted by Crippen LogP contribution is 2.34. The molecule has 0 aliphatic heterocycles. The summed E-state index contributed by atoms with van der Waals surface area (Å²) in [6.45, 7) is 2.20. The number of ether oxygens (including phenoxy) is 2. The molecule has 0 aliphatic rings. The molecule has 0 unspecified atom stereocenters. The van der Waals surface area contributed by atoms with E-state index in [-0.39, 0.29) is 11.8 Å². The van der Waals surface area contributed by atoms with Crippen LogP contribution in [0.5, 0.6) is 11.8 Å². The Morgan fingerprint density at radius 2 is 1.76 bits per heavy atom. The molecule has 3 rings (SSSR count). The van der Waals surface area contributed by atoms with Gasteiger partial charge in [-0.3, -0.25) is 4.79 Å². The van der Waals surface area contributed by atoms with Gasteiger partial charge in [0.25, 0.3) is 0 Å². The molecule has 3 aromatic rings. The highest BCUT2D eigenvalue weighted by molar-refractivity contribution is 8.02. The Hall–Kier alpha value is -2.86. The number of hydrogen-bond donors (Lipinski definition) is 1. The van der Waals surface area contributed by atoms with Gasteiger partial charge in [-0.05, 0) is 31.5 Å². The number of carboxylic acid groups (broad SMARTS) is 1. The van der Waals surface area contributed by atoms with Crippen LogP contribution < -0.4 is 9.47 Å². The first-order chi connectivity index (χ1) is 15.5. The van der Waals surface area contributed by atoms with Crippen LogP contribution in [0.15, 0.2) is 46.4 Å². The van der Waals surface area contributed by atoms with Crippen molar-refractivity contribution in [2.75, 3.05) is 13.2 Å². The lowest BCUT2D eigenvalue weighted by Crippen LogP contribution is -2.26. The number of aliphatic carboxylic acids is 1. The number of thiazole rings is 1. The number of aromatic nitrogens is 3. The molecule has 0 saturated heterocycles. The van der Waals surface area contributed by atoms with Crippen molar-refractivity contribution in [3.05, 3.63) is 47.7 Å². The van der Waals surface area contributed by atoms with Gasteiger partial charge in [0.2, 0.25) is 0 Å². The third-order valence-corrected chi connectivity index (χ3v) is 6.37. The summed E-state index contributed by atoms with van der Waals surface area (Å²) in [5.74, 6) is -0.786. The number of benzene rings is 1. The van der Waals surface area contributed by atoms with Crippen LogP contribution in [-0.4, -0.2) is 50.2 Å². The summed E-state index contributed by atoms with van der Waals surface area (Å²) in [4.78, 5) is 23.9. The van der Waals surface area contributed by atoms with Crippen molar-refractivity contribution in [1.29, 1.82) is 0 Å². The van der Waals surface area contributed by atoms with Gasteiger partial charge < -0.3 is 14.6 Å². The molecule has 2 heterocycles. The first-order valence-corrected chi connectivity index (χ1v) is 11.3. The van der Waals surface area contributed by atoms with E-state index in [0.29, 0.717) is 22.9 Å². The van der Waals surface area contributed by atoms with E-state index in [2.05, 4.69) is 19.7 Å². The summed E-state index contributed by atoms with van der Waals surface area (Å²) >= 11 is 2.58. The number of carboxylic acids is 1. The van der Waals surface area contributed by atoms with Crippen LogP contribution in [0.4, 0.5) is 13.2 Å². The molecule has 0 aliphatic carbocycles. The van der Waals surface area contributed by atoms with Gasteiger partial charge in [0.05, 0.1) is 12.3 Å². The number of halogens is 3. The van der Waals surface area contributed by atoms with Crippen LogP contribution in [0, 0.1) is 0 Å². The molecule has 12 heteroatoms. The Labute approximate surface area is 196 Å². The lowest BCUT2D eigenvalue weighted by Gasteiger charge is -2.15. The average molecular weight is 500 g/mol. The fourth-order valence-electron chi connectivity index (χ4n) is 2.41. The Morgan fingerprint density at radius 1 is 1.09 bits per heavy atom. The van der Waals surface area contributed by atoms with Crippen molar-refractivity contribution in [1.82, 2.24) is 15.0 Å². The maximum Gasteiger partial charge on any atom is 0.422 e. The standard InChI is InChI=1S/C21H20F3N3O4S2/c1-20(2,17(28)29)33-19-27-15(11-32-19)7-8-30-18-25-9-14(10-26-18)13-3-5-16(6-4-13)31-12-21(22,23)24/h3-6,9-11H,7-8,12H2,1-2H3,(H,28,29). The fraction of sp³-hybridized carbons (Fsp3) is 0.333. The van der Waals surface area contributed by atoms with Crippen molar-refractivity contribution in [3.8, 4) is 22.9 Å². The summed E-state index contributed by atoms with van der Waals surface area (Å²) in [7, 11) is 0. The first kappa shape index (κ1) is 24.8. The van der Waals surface area contributed by atoms with E-state index in [1.165, 1.54) is 35.2 Å². The summed E-state index contributed by atoms with van der Waals surface area (Å²) in [6, 6.07) is 6.32. The Morgan fingerprint density at radius 3 is 2.36 bits per heavy atom. The second-order valence-corrected chi connectivity index (χ2v) is 10.0. The van der Waals surface area contributed by atoms with E-state index in [4.69, 9.17) is 4.74 Å². The van der Waals surface area contributed by atoms with Crippen molar-refractivity contribution in [2.24, 2.45) is 0 Å². The molecule has 7 nitrogen and oxygen atoms in total. The zero-order valence-electron chi connectivity index (χ0n) is 17.6. The summed E-state index contributed by atoms with van der Waals surface area (Å²) < 4.78 is 46.6. The van der Waals surface area contributed by atoms with Crippen LogP contribution in [0.25, 0.3) is 11.1 Å². The zero-order chi connectivity index (χ0) is 24.1. The van der Waals surface area contributed by atoms with Gasteiger partial charge in [0.1, 0.15) is 10.5 Å². The molecule has 0 atom stereocenters. The van der Waals surface area contributed by atoms with Gasteiger partial charge in [-0.2, -0.15) is 13.2 Å². The average Bonchev–Trinajstić information content (AvgIpc) is 3.19. The van der Waals surface area contributed by atoms with Crippen LogP contribution in [0.3, 0.4) is 0 Å². The quantitative estimate of drug-likeness (QED) is 0.384. The number of thioether (sulfide) groups is 1. The number of rotatable bonds is 10. The van der Waals surface area contributed by atoms with Crippen LogP contribution in [-0.2, 0) is 11.2 Å². The minimum atomic E-state index is -4.39. The first-order valence-electron chi connectivity index (χ1n) is 9.63. The van der Waals surface area contributed by atoms with E-state index in [9.17, 15) is 23.1 Å². The van der Waals surface area contributed by atoms with E-state index in [0.717, 1.165) is 11.3 Å². The van der Waals surface area contributed by atoms with Crippen molar-refractivity contribution >= 4 is 29.1 Å². The van der Waals surface area contributed by atoms with Gasteiger partial charge in [0, 0.05) is 29.8 Å². The van der Waals surface area contributed by atoms with Crippen molar-refractivity contribution in [3.63, 3.8) is 0 Å². The highest BCUT2D eigenvalue weighted by Gasteiger charge is 2.30. The number of carbonyl (C=O) groups is 1. The van der Waals surface area contributed by atoms with E-state index >= 15 is 0 Å². The lowest BCUT2D eigenvalue weighted by molar-refractivity contribution is -0.153. The molecule has 0 radical (unpaired) electrons. The van der Waals surface area contributed by atoms with Gasteiger partial charge in [0.15, 0.2) is 10.9 Å². The summed E-state index contributed by atoms with van der Waals surface area (Å²) in [5, 5.41) is 11.1. The fourth-order valence-corrected chi connectivity index (χ4v) is 4.63. The Bertz CT molecular complexity index is 1070. The highest BCUT2D eigenvalue weighted by atomic mass is 32.2. The van der Waals surface area contributed by atoms with Crippen molar-refractivity contribution < 1.29 is 32.5 Å². The normalized spacial score (nSPS) is 11.9. The monoisotopic (exact) mass is 499 g/mol. The SMILES string of the molecule is CC(C)(Sc1nc(CCOc2ncc(-c3ccc(OCC(F)(F)F)cc3)cn2)cs1)C(=O)O. The third kappa shape index (κ3) is 7.60. The molecule has 0 fully saturated rings. The molecule has 0 amide bonds. The van der Waals surface area contributed by atoms with E-state index < -0.39 is 23.5 Å². The number of alkyl halides is 3. The molecule has 0 bridgehead atoms. The molecule has 0 saturated carbocycles. The molecule has 1 aromatic carbocycles. The van der Waals surface area contributed by atoms with Gasteiger partial charge in [-0.15, -0.1) is 11.3 Å². The predicted octanol–water partition coefficient (Wildman–Crippen LogP) is 5.12. The van der Waals surface area contributed by atoms with Gasteiger partial charge >= 0.3 is 18.2 Å². The zero-order valence-corrected chi connectivity index (χ0v) is 19.3. The minimum Gasteiger partial charge on any atom is -0.484 e. The number of nitrogens with zero attached hydrogens (tertiary/aromatic N) is 3. The molecule has 1 N–H and O–H groups in total. The van der Waals surface area contributed by atoms with Crippen molar-refractivity contribution in [2.45, 2.75) is 35.5 Å². The van der Waals surface area contributed by atoms with E-state index in [1.54, 1.807) is 38.4 Å². The molecule has 0 spiro atoms. The van der Waals surface area contributed by atoms with Gasteiger partial charge in [-0.25, -0.2) is 15.0 Å². The maximum absolute atomic E-state index is 12.2. The smallest absolute Gasteiger partial charge is 0.422 e. The topological polar surface area (TPSA) is 94.4 Å². The second kappa shape index (κ2) is 10.4. The Balaban J connectivity index is 1.49. The third-order valence-electron chi connectivity index (χ3n) is 4.20. The summed E-state index contributed by atoms with van der Waals surface area (Å²) in [5.41, 5.74) is 2.18. The van der Waals surface area contributed by atoms with Crippen LogP contribution in [0.1, 0.15) is 19.5 Å². The predicted molar refractivity (Wildman–Crippen MR) is 118 cm³/mol. The molecular weight excluding hydrogens is 479 g/mol. The Kier molecular flexibility index (Phi) is 7.80. The molecule has 33 heavy (non-hydrogen) atoms. The minimum absolute atomic E-state index is 0.118. The van der Waals surface area contributed by atoms with E-state index in [1.807, 2.05) is 5.38 Å². The molecule has 176 valence electrons. The largest absolute Gasteiger partial charge is 0.484 e. The number of hydrogen-bond acceptors (Lipinski definition) is 8.